The van der Waals surface area contributed by atoms with Crippen molar-refractivity contribution in [1.82, 2.24) is 10.2 Å². The molecule has 0 aliphatic carbocycles. The lowest BCUT2D eigenvalue weighted by Gasteiger charge is -2.44. The Morgan fingerprint density at radius 3 is 2.56 bits per heavy atom. The highest BCUT2D eigenvalue weighted by atomic mass is 16.6. The Hall–Kier alpha value is -2.80. The fraction of sp³-hybridized carbons (Fsp3) is 0.400. The summed E-state index contributed by atoms with van der Waals surface area (Å²) in [6, 6.07) is 8.77. The second-order valence-electron chi connectivity index (χ2n) is 7.18. The van der Waals surface area contributed by atoms with Crippen molar-refractivity contribution in [3.8, 4) is 11.7 Å². The van der Waals surface area contributed by atoms with Crippen LogP contribution in [-0.2, 0) is 4.79 Å². The number of hydrogen-bond acceptors (Lipinski definition) is 5. The number of hydrogen-bond donors (Lipinski definition) is 2. The first kappa shape index (κ1) is 17.6. The molecule has 0 radical (unpaired) electrons. The molecule has 7 nitrogen and oxygen atoms in total. The Bertz CT molecular complexity index is 822. The molecule has 2 N–H and O–H groups in total. The number of furan rings is 1. The number of piperidine rings is 3. The van der Waals surface area contributed by atoms with E-state index in [9.17, 15) is 9.59 Å². The summed E-state index contributed by atoms with van der Waals surface area (Å²) in [4.78, 5) is 26.0. The van der Waals surface area contributed by atoms with Crippen molar-refractivity contribution in [3.63, 3.8) is 0 Å². The molecule has 1 aromatic heterocycles. The molecule has 0 spiro atoms. The molecule has 3 aliphatic rings. The van der Waals surface area contributed by atoms with Crippen LogP contribution in [0.25, 0.3) is 0 Å². The van der Waals surface area contributed by atoms with Crippen LogP contribution in [0.3, 0.4) is 0 Å². The second kappa shape index (κ2) is 7.44. The third kappa shape index (κ3) is 4.14. The maximum Gasteiger partial charge on any atom is 0.291 e. The van der Waals surface area contributed by atoms with Gasteiger partial charge in [0.25, 0.3) is 11.9 Å². The van der Waals surface area contributed by atoms with E-state index in [-0.39, 0.29) is 23.8 Å². The van der Waals surface area contributed by atoms with E-state index in [2.05, 4.69) is 15.5 Å². The predicted molar refractivity (Wildman–Crippen MR) is 99.9 cm³/mol. The monoisotopic (exact) mass is 369 g/mol. The van der Waals surface area contributed by atoms with Gasteiger partial charge in [-0.3, -0.25) is 9.59 Å². The van der Waals surface area contributed by atoms with Gasteiger partial charge in [0.05, 0.1) is 5.69 Å². The Balaban J connectivity index is 1.35. The summed E-state index contributed by atoms with van der Waals surface area (Å²) in [7, 11) is 0. The van der Waals surface area contributed by atoms with Crippen molar-refractivity contribution in [1.29, 1.82) is 0 Å². The molecule has 0 saturated carbocycles. The van der Waals surface area contributed by atoms with Gasteiger partial charge in [0, 0.05) is 31.1 Å². The van der Waals surface area contributed by atoms with Crippen LogP contribution in [0.4, 0.5) is 5.69 Å². The van der Waals surface area contributed by atoms with Gasteiger partial charge in [0.2, 0.25) is 5.91 Å². The van der Waals surface area contributed by atoms with Gasteiger partial charge in [0.1, 0.15) is 12.0 Å². The van der Waals surface area contributed by atoms with Crippen molar-refractivity contribution in [2.45, 2.75) is 25.8 Å². The highest BCUT2D eigenvalue weighted by molar-refractivity contribution is 5.94. The smallest absolute Gasteiger partial charge is 0.291 e. The maximum absolute atomic E-state index is 12.5. The number of amides is 2. The Kier molecular flexibility index (Phi) is 4.85. The Morgan fingerprint density at radius 1 is 1.19 bits per heavy atom. The van der Waals surface area contributed by atoms with Crippen molar-refractivity contribution >= 4 is 17.5 Å². The van der Waals surface area contributed by atoms with Crippen molar-refractivity contribution in [2.75, 3.05) is 25.0 Å². The lowest BCUT2D eigenvalue weighted by atomic mass is 9.84. The van der Waals surface area contributed by atoms with Gasteiger partial charge in [-0.25, -0.2) is 0 Å². The van der Waals surface area contributed by atoms with E-state index < -0.39 is 0 Å². The van der Waals surface area contributed by atoms with Gasteiger partial charge < -0.3 is 24.7 Å². The summed E-state index contributed by atoms with van der Waals surface area (Å²) < 4.78 is 10.9. The molecule has 1 atom stereocenters. The van der Waals surface area contributed by atoms with Crippen molar-refractivity contribution in [3.05, 3.63) is 42.2 Å². The van der Waals surface area contributed by atoms with Gasteiger partial charge in [-0.1, -0.05) is 0 Å². The van der Waals surface area contributed by atoms with E-state index >= 15 is 0 Å². The van der Waals surface area contributed by atoms with Gasteiger partial charge in [-0.2, -0.15) is 0 Å². The maximum atomic E-state index is 12.5. The SMILES string of the molecule is CC(=O)Nc1coc(Oc2ccc(C(=O)N[C@H]3CN4CCC3CC4)cc2)c1. The van der Waals surface area contributed by atoms with Gasteiger partial charge in [-0.05, 0) is 56.1 Å². The molecule has 7 heteroatoms. The number of carbonyl (C=O) groups is 2. The van der Waals surface area contributed by atoms with Gasteiger partial charge >= 0.3 is 0 Å². The minimum Gasteiger partial charge on any atom is -0.432 e. The van der Waals surface area contributed by atoms with E-state index in [1.54, 1.807) is 30.3 Å². The fourth-order valence-corrected chi connectivity index (χ4v) is 3.81. The summed E-state index contributed by atoms with van der Waals surface area (Å²) in [5, 5.41) is 5.79. The van der Waals surface area contributed by atoms with E-state index in [0.717, 1.165) is 19.6 Å². The highest BCUT2D eigenvalue weighted by Gasteiger charge is 2.34. The number of carbonyl (C=O) groups excluding carboxylic acids is 2. The van der Waals surface area contributed by atoms with Crippen LogP contribution in [0.2, 0.25) is 0 Å². The lowest BCUT2D eigenvalue weighted by molar-refractivity contribution is -0.114. The molecule has 3 aliphatic heterocycles. The van der Waals surface area contributed by atoms with Crippen LogP contribution in [-0.4, -0.2) is 42.4 Å². The molecular formula is C20H23N3O4. The number of anilines is 1. The molecule has 5 rings (SSSR count). The Labute approximate surface area is 157 Å². The quantitative estimate of drug-likeness (QED) is 0.847. The summed E-state index contributed by atoms with van der Waals surface area (Å²) in [5.41, 5.74) is 1.14. The summed E-state index contributed by atoms with van der Waals surface area (Å²) in [6.45, 7) is 4.68. The zero-order valence-electron chi connectivity index (χ0n) is 15.2. The third-order valence-electron chi connectivity index (χ3n) is 5.20. The first-order chi connectivity index (χ1) is 13.1. The lowest BCUT2D eigenvalue weighted by Crippen LogP contribution is -2.57. The zero-order chi connectivity index (χ0) is 18.8. The van der Waals surface area contributed by atoms with Gasteiger partial charge in [-0.15, -0.1) is 0 Å². The van der Waals surface area contributed by atoms with E-state index in [0.29, 0.717) is 22.9 Å². The molecule has 3 fully saturated rings. The molecule has 2 amide bonds. The summed E-state index contributed by atoms with van der Waals surface area (Å²) in [6.07, 6.45) is 3.75. The van der Waals surface area contributed by atoms with Crippen LogP contribution in [0, 0.1) is 5.92 Å². The first-order valence-electron chi connectivity index (χ1n) is 9.24. The largest absolute Gasteiger partial charge is 0.432 e. The average molecular weight is 369 g/mol. The zero-order valence-corrected chi connectivity index (χ0v) is 15.2. The number of ether oxygens (including phenoxy) is 1. The van der Waals surface area contributed by atoms with Crippen LogP contribution in [0.1, 0.15) is 30.1 Å². The summed E-state index contributed by atoms with van der Waals surface area (Å²) in [5.74, 6) is 1.19. The topological polar surface area (TPSA) is 83.8 Å². The number of nitrogens with one attached hydrogen (secondary N) is 2. The fourth-order valence-electron chi connectivity index (χ4n) is 3.81. The summed E-state index contributed by atoms with van der Waals surface area (Å²) >= 11 is 0. The van der Waals surface area contributed by atoms with Crippen LogP contribution < -0.4 is 15.4 Å². The number of fused-ring (bicyclic) bond motifs is 3. The van der Waals surface area contributed by atoms with Gasteiger partial charge in [0.15, 0.2) is 0 Å². The molecule has 0 unspecified atom stereocenters. The van der Waals surface area contributed by atoms with Crippen LogP contribution in [0.5, 0.6) is 11.7 Å². The second-order valence-corrected chi connectivity index (χ2v) is 7.18. The van der Waals surface area contributed by atoms with Crippen LogP contribution in [0.15, 0.2) is 41.0 Å². The molecule has 1 aromatic carbocycles. The van der Waals surface area contributed by atoms with Crippen molar-refractivity contribution < 1.29 is 18.7 Å². The number of rotatable bonds is 5. The molecular weight excluding hydrogens is 346 g/mol. The highest BCUT2D eigenvalue weighted by Crippen LogP contribution is 2.28. The van der Waals surface area contributed by atoms with E-state index in [1.807, 2.05) is 0 Å². The third-order valence-corrected chi connectivity index (χ3v) is 5.20. The predicted octanol–water partition coefficient (Wildman–Crippen LogP) is 2.85. The van der Waals surface area contributed by atoms with E-state index in [4.69, 9.17) is 9.15 Å². The van der Waals surface area contributed by atoms with E-state index in [1.165, 1.54) is 26.0 Å². The molecule has 3 saturated heterocycles. The molecule has 4 heterocycles. The van der Waals surface area contributed by atoms with Crippen molar-refractivity contribution in [2.24, 2.45) is 5.92 Å². The minimum atomic E-state index is -0.180. The number of benzene rings is 1. The molecule has 2 bridgehead atoms. The standard InChI is InChI=1S/C20H23N3O4/c1-13(24)21-16-10-19(26-12-16)27-17-4-2-15(3-5-17)20(25)22-18-11-23-8-6-14(18)7-9-23/h2-5,10,12,14,18H,6-9,11H2,1H3,(H,21,24)(H,22,25)/t18-/m0/s1. The Morgan fingerprint density at radius 2 is 1.93 bits per heavy atom. The molecule has 27 heavy (non-hydrogen) atoms. The average Bonchev–Trinajstić information content (AvgIpc) is 3.09. The number of nitrogens with zero attached hydrogens (tertiary/aromatic N) is 1. The normalized spacial score (nSPS) is 23.7. The van der Waals surface area contributed by atoms with Crippen LogP contribution >= 0.6 is 0 Å². The minimum absolute atomic E-state index is 0.0498. The molecule has 142 valence electrons. The first-order valence-corrected chi connectivity index (χ1v) is 9.24. The molecule has 2 aromatic rings.